The molecular formula is C31H36ClNO4. The van der Waals surface area contributed by atoms with E-state index in [1.807, 2.05) is 57.2 Å². The van der Waals surface area contributed by atoms with Crippen molar-refractivity contribution >= 4 is 23.5 Å². The van der Waals surface area contributed by atoms with Gasteiger partial charge in [-0.15, -0.1) is 0 Å². The number of hydrogen-bond acceptors (Lipinski definition) is 4. The van der Waals surface area contributed by atoms with Gasteiger partial charge in [-0.2, -0.15) is 0 Å². The van der Waals surface area contributed by atoms with Crippen LogP contribution >= 0.6 is 11.6 Å². The highest BCUT2D eigenvalue weighted by Gasteiger charge is 2.18. The Hall–Kier alpha value is -3.31. The largest absolute Gasteiger partial charge is 0.493 e. The minimum Gasteiger partial charge on any atom is -0.493 e. The molecule has 0 unspecified atom stereocenters. The molecule has 6 heteroatoms. The highest BCUT2D eigenvalue weighted by molar-refractivity contribution is 6.31. The summed E-state index contributed by atoms with van der Waals surface area (Å²) >= 11 is 6.13. The number of rotatable bonds is 11. The molecule has 5 nitrogen and oxygen atoms in total. The van der Waals surface area contributed by atoms with Gasteiger partial charge in [-0.3, -0.25) is 4.79 Å². The van der Waals surface area contributed by atoms with Crippen LogP contribution in [0.25, 0.3) is 11.1 Å². The first-order valence-electron chi connectivity index (χ1n) is 12.8. The molecule has 0 atom stereocenters. The number of carbonyl (C=O) groups is 2. The third kappa shape index (κ3) is 8.94. The fraction of sp³-hybridized carbons (Fsp3) is 0.355. The second-order valence-electron chi connectivity index (χ2n) is 9.98. The Kier molecular flexibility index (Phi) is 10.2. The molecule has 3 aromatic rings. The zero-order valence-electron chi connectivity index (χ0n) is 22.1. The van der Waals surface area contributed by atoms with E-state index in [9.17, 15) is 9.59 Å². The minimum absolute atomic E-state index is 0.199. The van der Waals surface area contributed by atoms with E-state index in [1.165, 1.54) is 0 Å². The Morgan fingerprint density at radius 3 is 2.16 bits per heavy atom. The second kappa shape index (κ2) is 13.3. The van der Waals surface area contributed by atoms with Crippen LogP contribution in [0.3, 0.4) is 0 Å². The maximum absolute atomic E-state index is 12.8. The smallest absolute Gasteiger partial charge is 0.338 e. The van der Waals surface area contributed by atoms with Gasteiger partial charge in [-0.05, 0) is 80.6 Å². The van der Waals surface area contributed by atoms with Crippen molar-refractivity contribution in [1.82, 2.24) is 5.32 Å². The number of esters is 1. The van der Waals surface area contributed by atoms with Crippen LogP contribution in [-0.2, 0) is 11.2 Å². The normalized spacial score (nSPS) is 11.2. The predicted molar refractivity (Wildman–Crippen MR) is 150 cm³/mol. The molecule has 0 fully saturated rings. The van der Waals surface area contributed by atoms with E-state index < -0.39 is 5.60 Å². The molecule has 0 saturated heterocycles. The lowest BCUT2D eigenvalue weighted by atomic mass is 10.0. The quantitative estimate of drug-likeness (QED) is 0.209. The summed E-state index contributed by atoms with van der Waals surface area (Å²) in [5, 5.41) is 3.48. The van der Waals surface area contributed by atoms with E-state index in [4.69, 9.17) is 21.1 Å². The standard InChI is InChI=1S/C31H36ClNO4/c1-5-6-7-20-36-28-17-16-26(32)21-27(28)29(34)33-19-18-22-8-10-23(11-9-22)24-12-14-25(15-13-24)30(35)37-31(2,3)4/h8-17,21H,5-7,18-20H2,1-4H3,(H,33,34). The zero-order chi connectivity index (χ0) is 26.8. The van der Waals surface area contributed by atoms with Crippen LogP contribution in [0.15, 0.2) is 66.7 Å². The lowest BCUT2D eigenvalue weighted by Crippen LogP contribution is -2.26. The number of ether oxygens (including phenoxy) is 2. The summed E-state index contributed by atoms with van der Waals surface area (Å²) in [6, 6.07) is 20.7. The van der Waals surface area contributed by atoms with Crippen LogP contribution < -0.4 is 10.1 Å². The molecule has 0 radical (unpaired) electrons. The molecule has 37 heavy (non-hydrogen) atoms. The van der Waals surface area contributed by atoms with Crippen molar-refractivity contribution in [1.29, 1.82) is 0 Å². The average Bonchev–Trinajstić information content (AvgIpc) is 2.87. The van der Waals surface area contributed by atoms with Gasteiger partial charge in [0, 0.05) is 11.6 Å². The van der Waals surface area contributed by atoms with E-state index in [2.05, 4.69) is 12.2 Å². The van der Waals surface area contributed by atoms with E-state index in [0.29, 0.717) is 41.5 Å². The summed E-state index contributed by atoms with van der Waals surface area (Å²) < 4.78 is 11.3. The maximum atomic E-state index is 12.8. The number of carbonyl (C=O) groups excluding carboxylic acids is 2. The Morgan fingerprint density at radius 2 is 1.54 bits per heavy atom. The molecule has 0 aliphatic rings. The Bertz CT molecular complexity index is 1180. The van der Waals surface area contributed by atoms with E-state index in [0.717, 1.165) is 36.0 Å². The minimum atomic E-state index is -0.524. The molecule has 0 aliphatic carbocycles. The Labute approximate surface area is 225 Å². The first-order chi connectivity index (χ1) is 17.7. The van der Waals surface area contributed by atoms with E-state index >= 15 is 0 Å². The summed E-state index contributed by atoms with van der Waals surface area (Å²) in [5.74, 6) is 0.0270. The fourth-order valence-corrected chi connectivity index (χ4v) is 3.93. The average molecular weight is 522 g/mol. The summed E-state index contributed by atoms with van der Waals surface area (Å²) in [6.07, 6.45) is 3.84. The first kappa shape index (κ1) is 28.3. The number of halogens is 1. The number of benzene rings is 3. The topological polar surface area (TPSA) is 64.6 Å². The van der Waals surface area contributed by atoms with Crippen molar-refractivity contribution in [2.24, 2.45) is 0 Å². The summed E-state index contributed by atoms with van der Waals surface area (Å²) in [4.78, 5) is 25.0. The predicted octanol–water partition coefficient (Wildman–Crippen LogP) is 7.50. The Balaban J connectivity index is 1.54. The monoisotopic (exact) mass is 521 g/mol. The van der Waals surface area contributed by atoms with Crippen LogP contribution in [-0.4, -0.2) is 30.6 Å². The molecule has 0 bridgehead atoms. The molecule has 0 saturated carbocycles. The van der Waals surface area contributed by atoms with Gasteiger partial charge in [0.2, 0.25) is 0 Å². The third-order valence-electron chi connectivity index (χ3n) is 5.70. The van der Waals surface area contributed by atoms with Gasteiger partial charge in [0.15, 0.2) is 0 Å². The van der Waals surface area contributed by atoms with Crippen LogP contribution in [0.5, 0.6) is 5.75 Å². The highest BCUT2D eigenvalue weighted by Crippen LogP contribution is 2.24. The van der Waals surface area contributed by atoms with Crippen molar-refractivity contribution in [3.05, 3.63) is 88.4 Å². The van der Waals surface area contributed by atoms with Crippen molar-refractivity contribution < 1.29 is 19.1 Å². The molecule has 0 heterocycles. The van der Waals surface area contributed by atoms with Crippen molar-refractivity contribution in [2.45, 2.75) is 59.0 Å². The summed E-state index contributed by atoms with van der Waals surface area (Å²) in [7, 11) is 0. The third-order valence-corrected chi connectivity index (χ3v) is 5.93. The number of amides is 1. The van der Waals surface area contributed by atoms with Gasteiger partial charge in [-0.1, -0.05) is 67.8 Å². The fourth-order valence-electron chi connectivity index (χ4n) is 3.75. The molecule has 3 aromatic carbocycles. The van der Waals surface area contributed by atoms with Gasteiger partial charge in [-0.25, -0.2) is 4.79 Å². The lowest BCUT2D eigenvalue weighted by Gasteiger charge is -2.19. The number of hydrogen-bond donors (Lipinski definition) is 1. The van der Waals surface area contributed by atoms with Gasteiger partial charge >= 0.3 is 5.97 Å². The molecule has 1 N–H and O–H groups in total. The molecule has 3 rings (SSSR count). The molecule has 0 spiro atoms. The second-order valence-corrected chi connectivity index (χ2v) is 10.4. The molecule has 0 aliphatic heterocycles. The molecule has 1 amide bonds. The van der Waals surface area contributed by atoms with Crippen molar-refractivity contribution in [3.63, 3.8) is 0 Å². The van der Waals surface area contributed by atoms with Crippen molar-refractivity contribution in [2.75, 3.05) is 13.2 Å². The Morgan fingerprint density at radius 1 is 0.892 bits per heavy atom. The summed E-state index contributed by atoms with van der Waals surface area (Å²) in [6.45, 7) is 8.76. The van der Waals surface area contributed by atoms with Crippen molar-refractivity contribution in [3.8, 4) is 16.9 Å². The van der Waals surface area contributed by atoms with Gasteiger partial charge < -0.3 is 14.8 Å². The number of unbranched alkanes of at least 4 members (excludes halogenated alkanes) is 2. The first-order valence-corrected chi connectivity index (χ1v) is 13.2. The zero-order valence-corrected chi connectivity index (χ0v) is 22.9. The van der Waals surface area contributed by atoms with Crippen LogP contribution in [0.4, 0.5) is 0 Å². The van der Waals surface area contributed by atoms with Gasteiger partial charge in [0.1, 0.15) is 11.4 Å². The lowest BCUT2D eigenvalue weighted by molar-refractivity contribution is 0.00694. The summed E-state index contributed by atoms with van der Waals surface area (Å²) in [5.41, 5.74) is 3.63. The van der Waals surface area contributed by atoms with Crippen LogP contribution in [0.1, 0.15) is 73.2 Å². The van der Waals surface area contributed by atoms with Gasteiger partial charge in [0.25, 0.3) is 5.91 Å². The molecule has 0 aromatic heterocycles. The maximum Gasteiger partial charge on any atom is 0.338 e. The SMILES string of the molecule is CCCCCOc1ccc(Cl)cc1C(=O)NCCc1ccc(-c2ccc(C(=O)OC(C)(C)C)cc2)cc1. The van der Waals surface area contributed by atoms with E-state index in [1.54, 1.807) is 30.3 Å². The van der Waals surface area contributed by atoms with Crippen LogP contribution in [0, 0.1) is 0 Å². The van der Waals surface area contributed by atoms with Crippen LogP contribution in [0.2, 0.25) is 5.02 Å². The molecular weight excluding hydrogens is 486 g/mol. The number of nitrogens with one attached hydrogen (secondary N) is 1. The highest BCUT2D eigenvalue weighted by atomic mass is 35.5. The van der Waals surface area contributed by atoms with Gasteiger partial charge in [0.05, 0.1) is 17.7 Å². The van der Waals surface area contributed by atoms with E-state index in [-0.39, 0.29) is 11.9 Å². The molecule has 196 valence electrons.